The van der Waals surface area contributed by atoms with E-state index in [9.17, 15) is 9.59 Å². The number of hydrogen-bond acceptors (Lipinski definition) is 4. The van der Waals surface area contributed by atoms with Crippen LogP contribution in [0.25, 0.3) is 10.9 Å². The van der Waals surface area contributed by atoms with E-state index in [1.807, 2.05) is 0 Å². The van der Waals surface area contributed by atoms with Gasteiger partial charge in [-0.3, -0.25) is 14.6 Å². The Kier molecular flexibility index (Phi) is 2.95. The van der Waals surface area contributed by atoms with E-state index in [4.69, 9.17) is 0 Å². The van der Waals surface area contributed by atoms with Gasteiger partial charge in [0, 0.05) is 30.6 Å². The lowest BCUT2D eigenvalue weighted by molar-refractivity contribution is -0.128. The van der Waals surface area contributed by atoms with Gasteiger partial charge in [0.2, 0.25) is 0 Å². The number of aromatic nitrogens is 2. The summed E-state index contributed by atoms with van der Waals surface area (Å²) in [5.74, 6) is 0. The molecule has 2 aromatic rings. The zero-order valence-corrected chi connectivity index (χ0v) is 8.47. The second-order valence-electron chi connectivity index (χ2n) is 3.28. The van der Waals surface area contributed by atoms with Crippen molar-refractivity contribution in [1.82, 2.24) is 9.97 Å². The number of carbonyl (C=O) groups excluding carboxylic acids is 1. The van der Waals surface area contributed by atoms with Crippen LogP contribution in [-0.4, -0.2) is 23.0 Å². The highest BCUT2D eigenvalue weighted by Crippen LogP contribution is 2.05. The predicted molar refractivity (Wildman–Crippen MR) is 58.1 cm³/mol. The van der Waals surface area contributed by atoms with Crippen molar-refractivity contribution in [2.75, 3.05) is 6.61 Å². The van der Waals surface area contributed by atoms with Crippen molar-refractivity contribution in [2.45, 2.75) is 6.42 Å². The van der Waals surface area contributed by atoms with Gasteiger partial charge in [0.1, 0.15) is 0 Å². The predicted octanol–water partition coefficient (Wildman–Crippen LogP) is 0.639. The SMILES string of the molecule is O=COCCc1c[nH]c2ccncc2c1=O. The molecular formula is C11H10N2O3. The molecule has 0 saturated carbocycles. The first kappa shape index (κ1) is 10.4. The first-order valence-corrected chi connectivity index (χ1v) is 4.82. The van der Waals surface area contributed by atoms with Crippen LogP contribution in [0.15, 0.2) is 29.5 Å². The highest BCUT2D eigenvalue weighted by molar-refractivity contribution is 5.77. The van der Waals surface area contributed by atoms with E-state index in [0.29, 0.717) is 23.8 Å². The number of carbonyl (C=O) groups is 1. The Morgan fingerprint density at radius 1 is 1.50 bits per heavy atom. The molecule has 0 aliphatic carbocycles. The molecule has 1 N–H and O–H groups in total. The number of nitrogens with zero attached hydrogens (tertiary/aromatic N) is 1. The summed E-state index contributed by atoms with van der Waals surface area (Å²) in [7, 11) is 0. The molecule has 5 nitrogen and oxygen atoms in total. The molecule has 0 saturated heterocycles. The zero-order valence-electron chi connectivity index (χ0n) is 8.47. The zero-order chi connectivity index (χ0) is 11.4. The molecule has 0 amide bonds. The molecule has 0 radical (unpaired) electrons. The van der Waals surface area contributed by atoms with E-state index in [1.165, 1.54) is 6.20 Å². The minimum atomic E-state index is -0.0728. The van der Waals surface area contributed by atoms with E-state index in [0.717, 1.165) is 5.52 Å². The number of fused-ring (bicyclic) bond motifs is 1. The van der Waals surface area contributed by atoms with Gasteiger partial charge in [-0.2, -0.15) is 0 Å². The van der Waals surface area contributed by atoms with E-state index < -0.39 is 0 Å². The Labute approximate surface area is 91.1 Å². The van der Waals surface area contributed by atoms with Gasteiger partial charge in [0.25, 0.3) is 6.47 Å². The minimum absolute atomic E-state index is 0.0728. The van der Waals surface area contributed by atoms with Crippen LogP contribution in [0.5, 0.6) is 0 Å². The average Bonchev–Trinajstić information content (AvgIpc) is 2.33. The number of H-pyrrole nitrogens is 1. The fourth-order valence-corrected chi connectivity index (χ4v) is 1.51. The number of aromatic amines is 1. The summed E-state index contributed by atoms with van der Waals surface area (Å²) in [5.41, 5.74) is 1.26. The van der Waals surface area contributed by atoms with Crippen LogP contribution in [0.1, 0.15) is 5.56 Å². The highest BCUT2D eigenvalue weighted by atomic mass is 16.5. The molecule has 16 heavy (non-hydrogen) atoms. The number of ether oxygens (including phenoxy) is 1. The van der Waals surface area contributed by atoms with Crippen LogP contribution >= 0.6 is 0 Å². The van der Waals surface area contributed by atoms with Gasteiger partial charge in [-0.1, -0.05) is 0 Å². The van der Waals surface area contributed by atoms with Crippen molar-refractivity contribution in [2.24, 2.45) is 0 Å². The van der Waals surface area contributed by atoms with Gasteiger partial charge < -0.3 is 9.72 Å². The number of rotatable bonds is 4. The lowest BCUT2D eigenvalue weighted by Crippen LogP contribution is -2.12. The van der Waals surface area contributed by atoms with Crippen LogP contribution in [0.2, 0.25) is 0 Å². The van der Waals surface area contributed by atoms with Crippen molar-refractivity contribution >= 4 is 17.4 Å². The van der Waals surface area contributed by atoms with Gasteiger partial charge in [-0.05, 0) is 6.07 Å². The van der Waals surface area contributed by atoms with Crippen LogP contribution in [0.4, 0.5) is 0 Å². The molecule has 0 unspecified atom stereocenters. The number of pyridine rings is 2. The molecule has 0 aliphatic heterocycles. The Morgan fingerprint density at radius 3 is 3.19 bits per heavy atom. The molecule has 5 heteroatoms. The number of nitrogens with one attached hydrogen (secondary N) is 1. The van der Waals surface area contributed by atoms with Crippen LogP contribution < -0.4 is 5.43 Å². The van der Waals surface area contributed by atoms with Crippen LogP contribution in [0, 0.1) is 0 Å². The lowest BCUT2D eigenvalue weighted by Gasteiger charge is -2.01. The monoisotopic (exact) mass is 218 g/mol. The van der Waals surface area contributed by atoms with Crippen molar-refractivity contribution in [3.05, 3.63) is 40.4 Å². The van der Waals surface area contributed by atoms with Crippen molar-refractivity contribution in [3.8, 4) is 0 Å². The van der Waals surface area contributed by atoms with E-state index in [2.05, 4.69) is 14.7 Å². The standard InChI is InChI=1S/C11H10N2O3/c14-7-16-4-2-8-5-13-10-1-3-12-6-9(10)11(8)15/h1,3,5-7H,2,4H2,(H,13,15). The number of hydrogen-bond donors (Lipinski definition) is 1. The molecule has 2 heterocycles. The van der Waals surface area contributed by atoms with Crippen molar-refractivity contribution in [3.63, 3.8) is 0 Å². The first-order chi connectivity index (χ1) is 7.83. The van der Waals surface area contributed by atoms with Crippen molar-refractivity contribution in [1.29, 1.82) is 0 Å². The van der Waals surface area contributed by atoms with E-state index in [-0.39, 0.29) is 12.0 Å². The quantitative estimate of drug-likeness (QED) is 0.603. The molecule has 0 bridgehead atoms. The minimum Gasteiger partial charge on any atom is -0.468 e. The second kappa shape index (κ2) is 4.57. The van der Waals surface area contributed by atoms with Crippen molar-refractivity contribution < 1.29 is 9.53 Å². The lowest BCUT2D eigenvalue weighted by atomic mass is 10.1. The summed E-state index contributed by atoms with van der Waals surface area (Å²) >= 11 is 0. The highest BCUT2D eigenvalue weighted by Gasteiger charge is 2.04. The molecule has 0 aliphatic rings. The summed E-state index contributed by atoms with van der Waals surface area (Å²) < 4.78 is 4.56. The Hall–Kier alpha value is -2.17. The molecule has 2 aromatic heterocycles. The first-order valence-electron chi connectivity index (χ1n) is 4.82. The van der Waals surface area contributed by atoms with Gasteiger partial charge in [0.05, 0.1) is 17.5 Å². The molecule has 0 atom stereocenters. The fraction of sp³-hybridized carbons (Fsp3) is 0.182. The maximum Gasteiger partial charge on any atom is 0.293 e. The molecule has 2 rings (SSSR count). The van der Waals surface area contributed by atoms with Gasteiger partial charge in [-0.15, -0.1) is 0 Å². The third-order valence-electron chi connectivity index (χ3n) is 2.32. The van der Waals surface area contributed by atoms with Gasteiger partial charge in [0.15, 0.2) is 5.43 Å². The van der Waals surface area contributed by atoms with E-state index in [1.54, 1.807) is 18.5 Å². The Balaban J connectivity index is 2.37. The largest absolute Gasteiger partial charge is 0.468 e. The topological polar surface area (TPSA) is 72.1 Å². The van der Waals surface area contributed by atoms with Gasteiger partial charge >= 0.3 is 0 Å². The summed E-state index contributed by atoms with van der Waals surface area (Å²) in [6, 6.07) is 1.74. The molecular weight excluding hydrogens is 208 g/mol. The smallest absolute Gasteiger partial charge is 0.293 e. The third-order valence-corrected chi connectivity index (χ3v) is 2.32. The second-order valence-corrected chi connectivity index (χ2v) is 3.28. The van der Waals surface area contributed by atoms with Crippen LogP contribution in [-0.2, 0) is 16.0 Å². The molecule has 0 spiro atoms. The molecule has 82 valence electrons. The van der Waals surface area contributed by atoms with Gasteiger partial charge in [-0.25, -0.2) is 0 Å². The third kappa shape index (κ3) is 1.93. The van der Waals surface area contributed by atoms with E-state index >= 15 is 0 Å². The Bertz CT molecular complexity index is 562. The normalized spacial score (nSPS) is 10.2. The van der Waals surface area contributed by atoms with Crippen LogP contribution in [0.3, 0.4) is 0 Å². The fourth-order valence-electron chi connectivity index (χ4n) is 1.51. The average molecular weight is 218 g/mol. The summed E-state index contributed by atoms with van der Waals surface area (Å²) in [6.45, 7) is 0.579. The summed E-state index contributed by atoms with van der Waals surface area (Å²) in [4.78, 5) is 28.8. The molecule has 0 aromatic carbocycles. The maximum atomic E-state index is 11.9. The molecule has 0 fully saturated rings. The summed E-state index contributed by atoms with van der Waals surface area (Å²) in [5, 5.41) is 0.547. The summed E-state index contributed by atoms with van der Waals surface area (Å²) in [6.07, 6.45) is 5.18. The maximum absolute atomic E-state index is 11.9. The Morgan fingerprint density at radius 2 is 2.38 bits per heavy atom.